The molecule has 0 heterocycles. The van der Waals surface area contributed by atoms with E-state index >= 15 is 0 Å². The summed E-state index contributed by atoms with van der Waals surface area (Å²) in [5, 5.41) is 10.8. The van der Waals surface area contributed by atoms with Crippen molar-refractivity contribution in [2.45, 2.75) is 39.8 Å². The quantitative estimate of drug-likeness (QED) is 0.479. The number of rotatable bonds is 6. The fraction of sp³-hybridized carbons (Fsp3) is 0.538. The highest BCUT2D eigenvalue weighted by molar-refractivity contribution is 5.52. The largest absolute Gasteiger partial charge is 0.398 e. The molecule has 0 aromatic heterocycles. The van der Waals surface area contributed by atoms with Crippen LogP contribution in [0, 0.1) is 10.1 Å². The lowest BCUT2D eigenvalue weighted by atomic mass is 10.1. The Bertz CT molecular complexity index is 419. The maximum atomic E-state index is 10.8. The van der Waals surface area contributed by atoms with Crippen LogP contribution in [0.15, 0.2) is 18.2 Å². The number of nitro benzene ring substituents is 1. The minimum absolute atomic E-state index is 0.0967. The lowest BCUT2D eigenvalue weighted by molar-refractivity contribution is -0.384. The Morgan fingerprint density at radius 2 is 2.11 bits per heavy atom. The normalized spacial score (nSPS) is 11.2. The Kier molecular flexibility index (Phi) is 5.09. The minimum atomic E-state index is -0.386. The van der Waals surface area contributed by atoms with Gasteiger partial charge in [0.2, 0.25) is 0 Å². The van der Waals surface area contributed by atoms with Gasteiger partial charge in [0.15, 0.2) is 0 Å². The summed E-state index contributed by atoms with van der Waals surface area (Å²) in [6.07, 6.45) is 1.05. The van der Waals surface area contributed by atoms with E-state index in [0.29, 0.717) is 18.3 Å². The first-order valence-corrected chi connectivity index (χ1v) is 6.22. The summed E-state index contributed by atoms with van der Waals surface area (Å²) in [5.74, 6) is 0. The Morgan fingerprint density at radius 3 is 2.61 bits per heavy atom. The highest BCUT2D eigenvalue weighted by Crippen LogP contribution is 2.22. The van der Waals surface area contributed by atoms with Crippen molar-refractivity contribution in [2.75, 3.05) is 12.3 Å². The van der Waals surface area contributed by atoms with Gasteiger partial charge in [0, 0.05) is 30.4 Å². The van der Waals surface area contributed by atoms with Gasteiger partial charge in [0.1, 0.15) is 0 Å². The second-order valence-corrected chi connectivity index (χ2v) is 4.70. The van der Waals surface area contributed by atoms with Gasteiger partial charge in [-0.25, -0.2) is 0 Å². The third-order valence-electron chi connectivity index (χ3n) is 2.95. The van der Waals surface area contributed by atoms with Crippen LogP contribution in [0.5, 0.6) is 0 Å². The van der Waals surface area contributed by atoms with Crippen LogP contribution in [0.4, 0.5) is 11.4 Å². The molecule has 100 valence electrons. The Labute approximate surface area is 108 Å². The van der Waals surface area contributed by atoms with Gasteiger partial charge in [-0.1, -0.05) is 6.92 Å². The van der Waals surface area contributed by atoms with Crippen LogP contribution in [0.3, 0.4) is 0 Å². The van der Waals surface area contributed by atoms with E-state index in [1.807, 2.05) is 0 Å². The zero-order valence-electron chi connectivity index (χ0n) is 11.2. The molecule has 0 aliphatic heterocycles. The van der Waals surface area contributed by atoms with Gasteiger partial charge in [-0.3, -0.25) is 15.0 Å². The molecule has 0 bridgehead atoms. The van der Waals surface area contributed by atoms with Crippen LogP contribution in [0.25, 0.3) is 0 Å². The maximum Gasteiger partial charge on any atom is 0.269 e. The van der Waals surface area contributed by atoms with Crippen LogP contribution in [0.2, 0.25) is 0 Å². The highest BCUT2D eigenvalue weighted by Gasteiger charge is 2.14. The highest BCUT2D eigenvalue weighted by atomic mass is 16.6. The third-order valence-corrected chi connectivity index (χ3v) is 2.95. The van der Waals surface area contributed by atoms with Gasteiger partial charge >= 0.3 is 0 Å². The number of benzene rings is 1. The van der Waals surface area contributed by atoms with Crippen molar-refractivity contribution in [3.05, 3.63) is 33.9 Å². The first-order valence-electron chi connectivity index (χ1n) is 6.22. The van der Waals surface area contributed by atoms with E-state index in [1.165, 1.54) is 6.07 Å². The predicted molar refractivity (Wildman–Crippen MR) is 73.3 cm³/mol. The molecule has 5 nitrogen and oxygen atoms in total. The first kappa shape index (κ1) is 14.4. The zero-order valence-corrected chi connectivity index (χ0v) is 11.2. The van der Waals surface area contributed by atoms with Crippen LogP contribution >= 0.6 is 0 Å². The van der Waals surface area contributed by atoms with Crippen molar-refractivity contribution in [1.82, 2.24) is 4.90 Å². The molecule has 0 saturated carbocycles. The Balaban J connectivity index is 2.93. The van der Waals surface area contributed by atoms with Crippen LogP contribution < -0.4 is 5.73 Å². The third kappa shape index (κ3) is 3.70. The number of nitrogen functional groups attached to an aromatic ring is 1. The Morgan fingerprint density at radius 1 is 1.44 bits per heavy atom. The summed E-state index contributed by atoms with van der Waals surface area (Å²) >= 11 is 0. The van der Waals surface area contributed by atoms with E-state index in [0.717, 1.165) is 18.5 Å². The van der Waals surface area contributed by atoms with Crippen molar-refractivity contribution in [1.29, 1.82) is 0 Å². The summed E-state index contributed by atoms with van der Waals surface area (Å²) in [6, 6.07) is 5.01. The minimum Gasteiger partial charge on any atom is -0.398 e. The molecule has 1 aromatic rings. The number of hydrogen-bond donors (Lipinski definition) is 1. The van der Waals surface area contributed by atoms with E-state index in [1.54, 1.807) is 12.1 Å². The summed E-state index contributed by atoms with van der Waals surface area (Å²) in [4.78, 5) is 12.6. The predicted octanol–water partition coefficient (Wildman–Crippen LogP) is 2.80. The van der Waals surface area contributed by atoms with Crippen LogP contribution in [0.1, 0.15) is 32.8 Å². The molecule has 0 spiro atoms. The fourth-order valence-corrected chi connectivity index (χ4v) is 1.87. The summed E-state index contributed by atoms with van der Waals surface area (Å²) in [5.41, 5.74) is 7.42. The summed E-state index contributed by atoms with van der Waals surface area (Å²) in [6.45, 7) is 7.96. The average Bonchev–Trinajstić information content (AvgIpc) is 2.30. The van der Waals surface area contributed by atoms with Crippen LogP contribution in [-0.2, 0) is 6.54 Å². The van der Waals surface area contributed by atoms with Gasteiger partial charge in [0.25, 0.3) is 5.69 Å². The van der Waals surface area contributed by atoms with E-state index in [-0.39, 0.29) is 10.6 Å². The van der Waals surface area contributed by atoms with Crippen molar-refractivity contribution in [2.24, 2.45) is 0 Å². The molecular formula is C13H21N3O2. The van der Waals surface area contributed by atoms with Gasteiger partial charge in [0.05, 0.1) is 4.92 Å². The van der Waals surface area contributed by atoms with Gasteiger partial charge in [-0.15, -0.1) is 0 Å². The molecule has 0 aliphatic rings. The average molecular weight is 251 g/mol. The Hall–Kier alpha value is -1.62. The summed E-state index contributed by atoms with van der Waals surface area (Å²) in [7, 11) is 0. The fourth-order valence-electron chi connectivity index (χ4n) is 1.87. The molecule has 0 saturated heterocycles. The molecule has 0 amide bonds. The second-order valence-electron chi connectivity index (χ2n) is 4.70. The van der Waals surface area contributed by atoms with E-state index in [9.17, 15) is 10.1 Å². The summed E-state index contributed by atoms with van der Waals surface area (Å²) < 4.78 is 0. The lowest BCUT2D eigenvalue weighted by Gasteiger charge is -2.26. The molecule has 0 fully saturated rings. The molecule has 18 heavy (non-hydrogen) atoms. The smallest absolute Gasteiger partial charge is 0.269 e. The molecule has 5 heteroatoms. The number of hydrogen-bond acceptors (Lipinski definition) is 4. The van der Waals surface area contributed by atoms with Crippen LogP contribution in [-0.4, -0.2) is 22.4 Å². The van der Waals surface area contributed by atoms with Crippen molar-refractivity contribution in [3.8, 4) is 0 Å². The zero-order chi connectivity index (χ0) is 13.7. The second kappa shape index (κ2) is 6.35. The maximum absolute atomic E-state index is 10.8. The van der Waals surface area contributed by atoms with E-state index in [2.05, 4.69) is 25.7 Å². The number of anilines is 1. The first-order chi connectivity index (χ1) is 8.45. The topological polar surface area (TPSA) is 72.4 Å². The molecule has 1 rings (SSSR count). The molecule has 0 unspecified atom stereocenters. The molecule has 2 N–H and O–H groups in total. The van der Waals surface area contributed by atoms with Gasteiger partial charge in [-0.2, -0.15) is 0 Å². The SMILES string of the molecule is CCCN(Cc1cc([N+](=O)[O-])ccc1N)C(C)C. The van der Waals surface area contributed by atoms with Crippen molar-refractivity contribution >= 4 is 11.4 Å². The van der Waals surface area contributed by atoms with Crippen molar-refractivity contribution < 1.29 is 4.92 Å². The molecule has 0 aliphatic carbocycles. The number of nitrogens with two attached hydrogens (primary N) is 1. The number of non-ortho nitro benzene ring substituents is 1. The standard InChI is InChI=1S/C13H21N3O2/c1-4-7-15(10(2)3)9-11-8-12(16(17)18)5-6-13(11)14/h5-6,8,10H,4,7,9,14H2,1-3H3. The molecular weight excluding hydrogens is 230 g/mol. The molecule has 0 atom stereocenters. The monoisotopic (exact) mass is 251 g/mol. The van der Waals surface area contributed by atoms with Gasteiger partial charge < -0.3 is 5.73 Å². The molecule has 0 radical (unpaired) electrons. The number of nitrogens with zero attached hydrogens (tertiary/aromatic N) is 2. The van der Waals surface area contributed by atoms with Crippen molar-refractivity contribution in [3.63, 3.8) is 0 Å². The van der Waals surface area contributed by atoms with E-state index < -0.39 is 0 Å². The molecule has 1 aromatic carbocycles. The van der Waals surface area contributed by atoms with E-state index in [4.69, 9.17) is 5.73 Å². The van der Waals surface area contributed by atoms with Gasteiger partial charge in [-0.05, 0) is 38.4 Å². The number of nitro groups is 1. The lowest BCUT2D eigenvalue weighted by Crippen LogP contribution is -2.31.